The molecule has 1 aromatic heterocycles. The highest BCUT2D eigenvalue weighted by Crippen LogP contribution is 2.45. The number of aromatic carboxylic acids is 1. The van der Waals surface area contributed by atoms with Crippen LogP contribution in [0.25, 0.3) is 0 Å². The van der Waals surface area contributed by atoms with Gasteiger partial charge >= 0.3 is 18.2 Å². The van der Waals surface area contributed by atoms with E-state index in [9.17, 15) is 42.3 Å². The van der Waals surface area contributed by atoms with Crippen molar-refractivity contribution >= 4 is 24.1 Å². The molecule has 292 valence electrons. The van der Waals surface area contributed by atoms with E-state index in [2.05, 4.69) is 10.6 Å². The van der Waals surface area contributed by atoms with Crippen molar-refractivity contribution in [2.24, 2.45) is 11.8 Å². The van der Waals surface area contributed by atoms with Gasteiger partial charge in [-0.1, -0.05) is 30.3 Å². The number of amides is 3. The van der Waals surface area contributed by atoms with Gasteiger partial charge in [0.2, 0.25) is 11.2 Å². The van der Waals surface area contributed by atoms with Crippen molar-refractivity contribution in [2.45, 2.75) is 98.2 Å². The number of carboxylic acids is 1. The Morgan fingerprint density at radius 1 is 0.944 bits per heavy atom. The third-order valence-electron chi connectivity index (χ3n) is 8.45. The Balaban J connectivity index is 1.82. The molecule has 1 heterocycles. The number of carbonyl (C=O) groups is 4. The summed E-state index contributed by atoms with van der Waals surface area (Å²) < 4.78 is 60.0. The smallest absolute Gasteiger partial charge is 0.429 e. The number of halogens is 3. The zero-order valence-electron chi connectivity index (χ0n) is 31.3. The first kappa shape index (κ1) is 41.2. The second-order valence-electron chi connectivity index (χ2n) is 15.1. The monoisotopic (exact) mass is 758 g/mol. The van der Waals surface area contributed by atoms with Crippen molar-refractivity contribution < 1.29 is 51.7 Å². The van der Waals surface area contributed by atoms with Gasteiger partial charge in [0, 0.05) is 36.5 Å². The number of alkyl carbamates (subject to hydrolysis) is 1. The van der Waals surface area contributed by atoms with Gasteiger partial charge in [0.05, 0.1) is 6.04 Å². The molecule has 1 saturated carbocycles. The highest BCUT2D eigenvalue weighted by molar-refractivity contribution is 5.97. The van der Waals surface area contributed by atoms with Crippen LogP contribution < -0.4 is 25.8 Å². The molecule has 0 saturated heterocycles. The van der Waals surface area contributed by atoms with Crippen LogP contribution in [0.2, 0.25) is 0 Å². The Labute approximate surface area is 310 Å². The average Bonchev–Trinajstić information content (AvgIpc) is 3.84. The van der Waals surface area contributed by atoms with E-state index in [4.69, 9.17) is 14.2 Å². The fraction of sp³-hybridized carbons (Fsp3) is 0.447. The topological polar surface area (TPSA) is 165 Å². The van der Waals surface area contributed by atoms with Crippen molar-refractivity contribution in [2.75, 3.05) is 5.01 Å². The highest BCUT2D eigenvalue weighted by Gasteiger charge is 2.49. The van der Waals surface area contributed by atoms with Gasteiger partial charge in [0.15, 0.2) is 5.69 Å². The molecule has 54 heavy (non-hydrogen) atoms. The second kappa shape index (κ2) is 16.2. The van der Waals surface area contributed by atoms with Crippen molar-refractivity contribution in [1.82, 2.24) is 15.3 Å². The first-order chi connectivity index (χ1) is 25.1. The third kappa shape index (κ3) is 10.3. The molecule has 4 atom stereocenters. The molecular formula is C38H45F3N4O9. The molecule has 0 unspecified atom stereocenters. The van der Waals surface area contributed by atoms with E-state index in [1.807, 2.05) is 0 Å². The number of carboxylic acid groups (broad SMARTS) is 1. The van der Waals surface area contributed by atoms with E-state index in [1.165, 1.54) is 0 Å². The molecule has 3 amide bonds. The Morgan fingerprint density at radius 2 is 1.54 bits per heavy atom. The number of benzene rings is 2. The van der Waals surface area contributed by atoms with Crippen LogP contribution in [0.5, 0.6) is 5.75 Å². The maximum absolute atomic E-state index is 14.4. The summed E-state index contributed by atoms with van der Waals surface area (Å²) in [6.07, 6.45) is -0.411. The van der Waals surface area contributed by atoms with Gasteiger partial charge in [-0.3, -0.25) is 9.59 Å². The number of hydrogen-bond acceptors (Lipinski definition) is 8. The molecule has 0 radical (unpaired) electrons. The molecule has 13 nitrogen and oxygen atoms in total. The molecule has 1 aliphatic carbocycles. The maximum Gasteiger partial charge on any atom is 0.429 e. The summed E-state index contributed by atoms with van der Waals surface area (Å²) in [5, 5.41) is 16.5. The van der Waals surface area contributed by atoms with Crippen molar-refractivity contribution in [3.05, 3.63) is 98.7 Å². The van der Waals surface area contributed by atoms with Crippen LogP contribution in [0.15, 0.2) is 53.5 Å². The molecule has 0 bridgehead atoms. The van der Waals surface area contributed by atoms with Gasteiger partial charge in [-0.2, -0.15) is 0 Å². The summed E-state index contributed by atoms with van der Waals surface area (Å²) in [6.45, 7) is 12.1. The molecule has 2 aromatic carbocycles. The number of rotatable bonds is 12. The number of nitrogens with one attached hydrogen (secondary N) is 2. The van der Waals surface area contributed by atoms with Gasteiger partial charge in [0.25, 0.3) is 5.91 Å². The minimum Gasteiger partial charge on any atom is -0.482 e. The summed E-state index contributed by atoms with van der Waals surface area (Å²) in [5.41, 5.74) is -4.79. The number of hydrogen-bond donors (Lipinski definition) is 3. The molecule has 3 N–H and O–H groups in total. The second-order valence-corrected chi connectivity index (χ2v) is 15.1. The molecule has 0 spiro atoms. The first-order valence-corrected chi connectivity index (χ1v) is 17.2. The van der Waals surface area contributed by atoms with E-state index in [1.54, 1.807) is 85.7 Å². The Hall–Kier alpha value is -5.54. The Kier molecular flexibility index (Phi) is 12.4. The standard InChI is InChI=1S/C38H45F3N4O9/c1-20(43-35(50)53-37(3,4)5)24-16-25(24)21(2)45(36(51)54-38(6,7)8)44-18-27(33(47)42-17-26-28(40)14-23(39)15-29(26)41)31(46)32(30(44)34(48)49)52-19-22-12-10-9-11-13-22/h9-15,18,20-21,24-25H,16-17,19H2,1-8H3,(H,42,47)(H,43,50)(H,48,49)/t20-,21+,24-,25+/m0/s1. The molecule has 1 aliphatic rings. The number of aromatic nitrogens is 1. The predicted octanol–water partition coefficient (Wildman–Crippen LogP) is 6.28. The predicted molar refractivity (Wildman–Crippen MR) is 190 cm³/mol. The summed E-state index contributed by atoms with van der Waals surface area (Å²) in [7, 11) is 0. The highest BCUT2D eigenvalue weighted by atomic mass is 19.1. The van der Waals surface area contributed by atoms with E-state index in [0.29, 0.717) is 24.1 Å². The first-order valence-electron chi connectivity index (χ1n) is 17.2. The van der Waals surface area contributed by atoms with Gasteiger partial charge < -0.3 is 30.0 Å². The minimum atomic E-state index is -1.70. The van der Waals surface area contributed by atoms with E-state index < -0.39 is 99.3 Å². The number of ether oxygens (including phenoxy) is 3. The quantitative estimate of drug-likeness (QED) is 0.193. The molecule has 4 rings (SSSR count). The van der Waals surface area contributed by atoms with Crippen LogP contribution in [-0.2, 0) is 22.6 Å². The van der Waals surface area contributed by atoms with Gasteiger partial charge in [-0.25, -0.2) is 37.2 Å². The minimum absolute atomic E-state index is 0.220. The van der Waals surface area contributed by atoms with Crippen molar-refractivity contribution in [3.8, 4) is 5.75 Å². The maximum atomic E-state index is 14.4. The molecular weight excluding hydrogens is 713 g/mol. The lowest BCUT2D eigenvalue weighted by Gasteiger charge is -2.35. The zero-order chi connectivity index (χ0) is 40.3. The van der Waals surface area contributed by atoms with Gasteiger partial charge in [0.1, 0.15) is 40.8 Å². The van der Waals surface area contributed by atoms with Gasteiger partial charge in [-0.15, -0.1) is 0 Å². The van der Waals surface area contributed by atoms with E-state index in [-0.39, 0.29) is 18.4 Å². The van der Waals surface area contributed by atoms with Crippen molar-refractivity contribution in [3.63, 3.8) is 0 Å². The third-order valence-corrected chi connectivity index (χ3v) is 8.45. The normalized spacial score (nSPS) is 16.4. The van der Waals surface area contributed by atoms with E-state index in [0.717, 1.165) is 15.9 Å². The molecule has 3 aromatic rings. The summed E-state index contributed by atoms with van der Waals surface area (Å²) in [4.78, 5) is 67.2. The molecule has 0 aliphatic heterocycles. The molecule has 16 heteroatoms. The lowest BCUT2D eigenvalue weighted by molar-refractivity contribution is 0.0478. The number of pyridine rings is 1. The largest absolute Gasteiger partial charge is 0.482 e. The van der Waals surface area contributed by atoms with Crippen LogP contribution in [0.3, 0.4) is 0 Å². The summed E-state index contributed by atoms with van der Waals surface area (Å²) >= 11 is 0. The SMILES string of the molecule is C[C@H](NC(=O)OC(C)(C)C)[C@@H]1C[C@@H]1[C@@H](C)N(C(=O)OC(C)(C)C)n1cc(C(=O)NCc2c(F)cc(F)cc2F)c(=O)c(OCc2ccccc2)c1C(=O)O. The fourth-order valence-electron chi connectivity index (χ4n) is 5.88. The van der Waals surface area contributed by atoms with Gasteiger partial charge in [-0.05, 0) is 79.2 Å². The van der Waals surface area contributed by atoms with Crippen LogP contribution in [-0.4, -0.2) is 57.1 Å². The molecule has 1 fully saturated rings. The lowest BCUT2D eigenvalue weighted by Crippen LogP contribution is -2.52. The summed E-state index contributed by atoms with van der Waals surface area (Å²) in [5.74, 6) is -8.08. The summed E-state index contributed by atoms with van der Waals surface area (Å²) in [6, 6.07) is 7.91. The lowest BCUT2D eigenvalue weighted by atomic mass is 10.1. The number of nitrogens with zero attached hydrogens (tertiary/aromatic N) is 2. The van der Waals surface area contributed by atoms with Crippen LogP contribution in [0.1, 0.15) is 93.8 Å². The van der Waals surface area contributed by atoms with Crippen LogP contribution in [0.4, 0.5) is 22.8 Å². The zero-order valence-corrected chi connectivity index (χ0v) is 31.3. The van der Waals surface area contributed by atoms with E-state index >= 15 is 0 Å². The fourth-order valence-corrected chi connectivity index (χ4v) is 5.88. The van der Waals surface area contributed by atoms with Crippen molar-refractivity contribution in [1.29, 1.82) is 0 Å². The van der Waals surface area contributed by atoms with Crippen LogP contribution in [0, 0.1) is 29.3 Å². The Morgan fingerprint density at radius 3 is 2.09 bits per heavy atom. The number of carbonyl (C=O) groups excluding carboxylic acids is 3. The average molecular weight is 759 g/mol. The van der Waals surface area contributed by atoms with Crippen LogP contribution >= 0.6 is 0 Å². The Bertz CT molecular complexity index is 1930.